The third kappa shape index (κ3) is 3.91. The molecule has 0 atom stereocenters. The molecule has 0 heterocycles. The van der Waals surface area contributed by atoms with E-state index in [4.69, 9.17) is 5.73 Å². The highest BCUT2D eigenvalue weighted by Crippen LogP contribution is 2.30. The summed E-state index contributed by atoms with van der Waals surface area (Å²) in [4.78, 5) is 4.27. The lowest BCUT2D eigenvalue weighted by Gasteiger charge is -2.21. The standard InChI is InChI=1S/C14H18F2N2O/c15-14(16)19-12-9-5-4-8-11(12)18-13(17)10-6-2-1-3-7-10/h4-5,8-10,14H,1-3,6-7H2,(H2,17,18). The average molecular weight is 268 g/mol. The summed E-state index contributed by atoms with van der Waals surface area (Å²) in [6.07, 6.45) is 5.57. The van der Waals surface area contributed by atoms with Crippen LogP contribution in [0.15, 0.2) is 29.3 Å². The molecule has 1 fully saturated rings. The number of ether oxygens (including phenoxy) is 1. The Balaban J connectivity index is 2.16. The van der Waals surface area contributed by atoms with Crippen molar-refractivity contribution < 1.29 is 13.5 Å². The number of hydrogen-bond donors (Lipinski definition) is 1. The number of benzene rings is 1. The SMILES string of the molecule is NC(=Nc1ccccc1OC(F)F)C1CCCCC1. The summed E-state index contributed by atoms with van der Waals surface area (Å²) in [5, 5.41) is 0. The molecule has 0 amide bonds. The van der Waals surface area contributed by atoms with Gasteiger partial charge in [0, 0.05) is 5.92 Å². The minimum Gasteiger partial charge on any atom is -0.433 e. The van der Waals surface area contributed by atoms with Crippen LogP contribution in [0.5, 0.6) is 5.75 Å². The Labute approximate surface area is 111 Å². The molecular weight excluding hydrogens is 250 g/mol. The Morgan fingerprint density at radius 3 is 2.58 bits per heavy atom. The van der Waals surface area contributed by atoms with Gasteiger partial charge >= 0.3 is 6.61 Å². The molecular formula is C14H18F2N2O. The highest BCUT2D eigenvalue weighted by Gasteiger charge is 2.17. The minimum atomic E-state index is -2.85. The Bertz CT molecular complexity index is 443. The van der Waals surface area contributed by atoms with Gasteiger partial charge in [0.25, 0.3) is 0 Å². The van der Waals surface area contributed by atoms with Crippen molar-refractivity contribution in [2.75, 3.05) is 0 Å². The van der Waals surface area contributed by atoms with Crippen molar-refractivity contribution in [2.45, 2.75) is 38.7 Å². The third-order valence-corrected chi connectivity index (χ3v) is 3.35. The fourth-order valence-corrected chi connectivity index (χ4v) is 2.37. The maximum Gasteiger partial charge on any atom is 0.387 e. The van der Waals surface area contributed by atoms with Crippen LogP contribution in [0, 0.1) is 5.92 Å². The molecule has 0 bridgehead atoms. The van der Waals surface area contributed by atoms with Gasteiger partial charge in [-0.2, -0.15) is 8.78 Å². The molecule has 1 saturated carbocycles. The predicted molar refractivity (Wildman–Crippen MR) is 70.9 cm³/mol. The van der Waals surface area contributed by atoms with Gasteiger partial charge < -0.3 is 10.5 Å². The molecule has 1 aliphatic rings. The summed E-state index contributed by atoms with van der Waals surface area (Å²) in [5.74, 6) is 0.842. The van der Waals surface area contributed by atoms with E-state index in [1.54, 1.807) is 18.2 Å². The van der Waals surface area contributed by atoms with Crippen LogP contribution in [0.2, 0.25) is 0 Å². The topological polar surface area (TPSA) is 47.6 Å². The number of alkyl halides is 2. The van der Waals surface area contributed by atoms with Gasteiger partial charge in [0.1, 0.15) is 11.5 Å². The maximum atomic E-state index is 12.3. The molecule has 5 heteroatoms. The zero-order valence-corrected chi connectivity index (χ0v) is 10.7. The van der Waals surface area contributed by atoms with Gasteiger partial charge in [-0.1, -0.05) is 31.4 Å². The Morgan fingerprint density at radius 1 is 1.21 bits per heavy atom. The molecule has 0 saturated heterocycles. The number of nitrogens with two attached hydrogens (primary N) is 1. The molecule has 19 heavy (non-hydrogen) atoms. The van der Waals surface area contributed by atoms with Gasteiger partial charge in [-0.05, 0) is 25.0 Å². The fraction of sp³-hybridized carbons (Fsp3) is 0.500. The van der Waals surface area contributed by atoms with Crippen LogP contribution in [0.4, 0.5) is 14.5 Å². The summed E-state index contributed by atoms with van der Waals surface area (Å²) in [6, 6.07) is 6.46. The van der Waals surface area contributed by atoms with Gasteiger partial charge in [0.15, 0.2) is 5.75 Å². The number of hydrogen-bond acceptors (Lipinski definition) is 2. The van der Waals surface area contributed by atoms with Gasteiger partial charge in [0.2, 0.25) is 0 Å². The first-order valence-corrected chi connectivity index (χ1v) is 6.54. The second kappa shape index (κ2) is 6.50. The van der Waals surface area contributed by atoms with Gasteiger partial charge in [-0.15, -0.1) is 0 Å². The lowest BCUT2D eigenvalue weighted by atomic mass is 9.88. The van der Waals surface area contributed by atoms with Crippen molar-refractivity contribution in [1.82, 2.24) is 0 Å². The predicted octanol–water partition coefficient (Wildman–Crippen LogP) is 3.86. The second-order valence-corrected chi connectivity index (χ2v) is 4.72. The van der Waals surface area contributed by atoms with Crippen LogP contribution in [0.3, 0.4) is 0 Å². The van der Waals surface area contributed by atoms with Gasteiger partial charge in [0.05, 0.1) is 0 Å². The van der Waals surface area contributed by atoms with Crippen LogP contribution >= 0.6 is 0 Å². The smallest absolute Gasteiger partial charge is 0.387 e. The molecule has 3 nitrogen and oxygen atoms in total. The average Bonchev–Trinajstić information content (AvgIpc) is 2.41. The molecule has 0 unspecified atom stereocenters. The molecule has 1 aliphatic carbocycles. The third-order valence-electron chi connectivity index (χ3n) is 3.35. The summed E-state index contributed by atoms with van der Waals surface area (Å²) in [5.41, 5.74) is 6.35. The highest BCUT2D eigenvalue weighted by molar-refractivity contribution is 5.86. The highest BCUT2D eigenvalue weighted by atomic mass is 19.3. The number of aliphatic imine (C=N–C) groups is 1. The molecule has 0 aliphatic heterocycles. The Kier molecular flexibility index (Phi) is 4.71. The Morgan fingerprint density at radius 2 is 1.89 bits per heavy atom. The van der Waals surface area contributed by atoms with Crippen molar-refractivity contribution in [2.24, 2.45) is 16.6 Å². The van der Waals surface area contributed by atoms with E-state index in [1.807, 2.05) is 0 Å². The number of halogens is 2. The first kappa shape index (κ1) is 13.8. The van der Waals surface area contributed by atoms with Gasteiger partial charge in [-0.3, -0.25) is 0 Å². The number of nitrogens with zero attached hydrogens (tertiary/aromatic N) is 1. The lowest BCUT2D eigenvalue weighted by Crippen LogP contribution is -2.25. The van der Waals surface area contributed by atoms with Crippen LogP contribution in [-0.4, -0.2) is 12.4 Å². The van der Waals surface area contributed by atoms with E-state index in [-0.39, 0.29) is 11.7 Å². The zero-order valence-electron chi connectivity index (χ0n) is 10.7. The van der Waals surface area contributed by atoms with E-state index in [1.165, 1.54) is 12.5 Å². The second-order valence-electron chi connectivity index (χ2n) is 4.72. The molecule has 0 radical (unpaired) electrons. The van der Waals surface area contributed by atoms with Gasteiger partial charge in [-0.25, -0.2) is 4.99 Å². The van der Waals surface area contributed by atoms with Crippen LogP contribution in [0.25, 0.3) is 0 Å². The van der Waals surface area contributed by atoms with Crippen LogP contribution < -0.4 is 10.5 Å². The van der Waals surface area contributed by atoms with E-state index in [9.17, 15) is 8.78 Å². The van der Waals surface area contributed by atoms with Crippen molar-refractivity contribution >= 4 is 11.5 Å². The van der Waals surface area contributed by atoms with Crippen molar-refractivity contribution in [3.63, 3.8) is 0 Å². The van der Waals surface area contributed by atoms with Crippen LogP contribution in [0.1, 0.15) is 32.1 Å². The molecule has 1 aromatic rings. The first-order chi connectivity index (χ1) is 9.16. The molecule has 0 aromatic heterocycles. The molecule has 1 aromatic carbocycles. The van der Waals surface area contributed by atoms with Crippen LogP contribution in [-0.2, 0) is 0 Å². The summed E-state index contributed by atoms with van der Waals surface area (Å²) < 4.78 is 29.0. The monoisotopic (exact) mass is 268 g/mol. The lowest BCUT2D eigenvalue weighted by molar-refractivity contribution is -0.0494. The van der Waals surface area contributed by atoms with Crippen molar-refractivity contribution in [3.05, 3.63) is 24.3 Å². The zero-order chi connectivity index (χ0) is 13.7. The maximum absolute atomic E-state index is 12.3. The molecule has 104 valence electrons. The summed E-state index contributed by atoms with van der Waals surface area (Å²) in [7, 11) is 0. The van der Waals surface area contributed by atoms with Crippen molar-refractivity contribution in [1.29, 1.82) is 0 Å². The number of amidine groups is 1. The van der Waals surface area contributed by atoms with E-state index in [0.717, 1.165) is 25.7 Å². The quantitative estimate of drug-likeness (QED) is 0.666. The summed E-state index contributed by atoms with van der Waals surface area (Å²) >= 11 is 0. The van der Waals surface area contributed by atoms with Crippen molar-refractivity contribution in [3.8, 4) is 5.75 Å². The van der Waals surface area contributed by atoms with E-state index in [0.29, 0.717) is 11.5 Å². The Hall–Kier alpha value is -1.65. The van der Waals surface area contributed by atoms with E-state index in [2.05, 4.69) is 9.73 Å². The first-order valence-electron chi connectivity index (χ1n) is 6.54. The number of rotatable bonds is 4. The summed E-state index contributed by atoms with van der Waals surface area (Å²) in [6.45, 7) is -2.85. The molecule has 0 spiro atoms. The minimum absolute atomic E-state index is 0.0660. The normalized spacial score (nSPS) is 17.7. The largest absolute Gasteiger partial charge is 0.433 e. The number of para-hydroxylation sites is 2. The molecule has 2 N–H and O–H groups in total. The fourth-order valence-electron chi connectivity index (χ4n) is 2.37. The van der Waals surface area contributed by atoms with E-state index >= 15 is 0 Å². The molecule has 2 rings (SSSR count). The van der Waals surface area contributed by atoms with E-state index < -0.39 is 6.61 Å².